The number of piperazine rings is 1. The molecule has 2 aliphatic rings. The average Bonchev–Trinajstić information content (AvgIpc) is 2.40. The Morgan fingerprint density at radius 1 is 1.32 bits per heavy atom. The largest absolute Gasteiger partial charge is 0.335 e. The second-order valence-corrected chi connectivity index (χ2v) is 5.74. The third-order valence-corrected chi connectivity index (χ3v) is 4.52. The molecule has 0 radical (unpaired) electrons. The van der Waals surface area contributed by atoms with Crippen LogP contribution in [0.15, 0.2) is 0 Å². The van der Waals surface area contributed by atoms with Crippen molar-refractivity contribution < 1.29 is 4.79 Å². The van der Waals surface area contributed by atoms with Crippen LogP contribution in [0, 0.1) is 0 Å². The van der Waals surface area contributed by atoms with Crippen molar-refractivity contribution in [1.29, 1.82) is 0 Å². The van der Waals surface area contributed by atoms with Gasteiger partial charge in [0.15, 0.2) is 0 Å². The van der Waals surface area contributed by atoms with E-state index >= 15 is 0 Å². The summed E-state index contributed by atoms with van der Waals surface area (Å²) in [7, 11) is 0. The van der Waals surface area contributed by atoms with E-state index in [0.717, 1.165) is 58.4 Å². The number of nitrogens with one attached hydrogen (secondary N) is 1. The molecule has 2 amide bonds. The summed E-state index contributed by atoms with van der Waals surface area (Å²) in [5, 5.41) is 3.12. The lowest BCUT2D eigenvalue weighted by molar-refractivity contribution is 0.100. The second-order valence-electron chi connectivity index (χ2n) is 5.74. The molecule has 1 unspecified atom stereocenters. The summed E-state index contributed by atoms with van der Waals surface area (Å²) in [6.07, 6.45) is 5.77. The van der Waals surface area contributed by atoms with Crippen LogP contribution in [0.3, 0.4) is 0 Å². The third kappa shape index (κ3) is 3.83. The molecule has 2 fully saturated rings. The van der Waals surface area contributed by atoms with E-state index in [2.05, 4.69) is 17.1 Å². The van der Waals surface area contributed by atoms with Crippen LogP contribution in [0.2, 0.25) is 0 Å². The smallest absolute Gasteiger partial charge is 0.317 e. The fourth-order valence-electron chi connectivity index (χ4n) is 2.95. The van der Waals surface area contributed by atoms with Crippen molar-refractivity contribution in [3.8, 4) is 0 Å². The predicted molar refractivity (Wildman–Crippen MR) is 77.1 cm³/mol. The molecule has 19 heavy (non-hydrogen) atoms. The number of hydrogen-bond acceptors (Lipinski definition) is 3. The summed E-state index contributed by atoms with van der Waals surface area (Å²) >= 11 is 0. The van der Waals surface area contributed by atoms with Gasteiger partial charge < -0.3 is 16.0 Å². The van der Waals surface area contributed by atoms with Crippen molar-refractivity contribution in [2.45, 2.75) is 51.1 Å². The first kappa shape index (κ1) is 14.6. The minimum absolute atomic E-state index is 0.135. The Kier molecular flexibility index (Phi) is 5.45. The molecule has 0 aromatic rings. The highest BCUT2D eigenvalue weighted by molar-refractivity contribution is 5.74. The van der Waals surface area contributed by atoms with Gasteiger partial charge >= 0.3 is 6.03 Å². The first-order valence-electron chi connectivity index (χ1n) is 7.74. The Bertz CT molecular complexity index is 285. The summed E-state index contributed by atoms with van der Waals surface area (Å²) < 4.78 is 0. The van der Waals surface area contributed by atoms with Crippen LogP contribution >= 0.6 is 0 Å². The standard InChI is InChI=1S/C14H28N4O/c1-2-13(6-7-15)17-8-10-18(11-9-17)14(19)16-12-4-3-5-12/h12-13H,2-11,15H2,1H3,(H,16,19). The number of hydrogen-bond donors (Lipinski definition) is 2. The van der Waals surface area contributed by atoms with E-state index in [9.17, 15) is 4.79 Å². The molecule has 1 saturated carbocycles. The molecule has 0 spiro atoms. The fraction of sp³-hybridized carbons (Fsp3) is 0.929. The lowest BCUT2D eigenvalue weighted by Gasteiger charge is -2.40. The summed E-state index contributed by atoms with van der Waals surface area (Å²) in [6.45, 7) is 6.63. The zero-order chi connectivity index (χ0) is 13.7. The van der Waals surface area contributed by atoms with Gasteiger partial charge in [0, 0.05) is 38.3 Å². The minimum atomic E-state index is 0.135. The van der Waals surface area contributed by atoms with Crippen molar-refractivity contribution in [2.24, 2.45) is 5.73 Å². The highest BCUT2D eigenvalue weighted by Gasteiger charge is 2.27. The SMILES string of the molecule is CCC(CCN)N1CCN(C(=O)NC2CCC2)CC1. The Morgan fingerprint density at radius 3 is 2.47 bits per heavy atom. The van der Waals surface area contributed by atoms with E-state index in [1.807, 2.05) is 4.90 Å². The molecule has 0 aromatic heterocycles. The van der Waals surface area contributed by atoms with Gasteiger partial charge in [-0.25, -0.2) is 4.79 Å². The molecule has 110 valence electrons. The predicted octanol–water partition coefficient (Wildman–Crippen LogP) is 0.994. The fourth-order valence-corrected chi connectivity index (χ4v) is 2.95. The molecule has 5 nitrogen and oxygen atoms in total. The monoisotopic (exact) mass is 268 g/mol. The van der Waals surface area contributed by atoms with Crippen molar-refractivity contribution in [3.63, 3.8) is 0 Å². The number of carbonyl (C=O) groups excluding carboxylic acids is 1. The molecular formula is C14H28N4O. The van der Waals surface area contributed by atoms with E-state index in [1.54, 1.807) is 0 Å². The molecule has 1 saturated heterocycles. The molecule has 1 aliphatic heterocycles. The van der Waals surface area contributed by atoms with Gasteiger partial charge in [-0.2, -0.15) is 0 Å². The molecule has 1 atom stereocenters. The molecule has 1 aliphatic carbocycles. The number of carbonyl (C=O) groups is 1. The molecule has 1 heterocycles. The molecule has 0 aromatic carbocycles. The molecule has 0 bridgehead atoms. The summed E-state index contributed by atoms with van der Waals surface area (Å²) in [6, 6.07) is 1.16. The number of amides is 2. The Labute approximate surface area is 116 Å². The first-order chi connectivity index (χ1) is 9.24. The van der Waals surface area contributed by atoms with Gasteiger partial charge in [0.05, 0.1) is 0 Å². The number of nitrogens with two attached hydrogens (primary N) is 1. The zero-order valence-corrected chi connectivity index (χ0v) is 12.1. The van der Waals surface area contributed by atoms with E-state index in [0.29, 0.717) is 12.1 Å². The van der Waals surface area contributed by atoms with Crippen LogP contribution in [0.4, 0.5) is 4.79 Å². The molecule has 5 heteroatoms. The third-order valence-electron chi connectivity index (χ3n) is 4.52. The highest BCUT2D eigenvalue weighted by Crippen LogP contribution is 2.18. The molecule has 3 N–H and O–H groups in total. The quantitative estimate of drug-likeness (QED) is 0.782. The maximum Gasteiger partial charge on any atom is 0.317 e. The zero-order valence-electron chi connectivity index (χ0n) is 12.1. The van der Waals surface area contributed by atoms with Crippen LogP contribution in [0.1, 0.15) is 39.0 Å². The number of rotatable bonds is 5. The summed E-state index contributed by atoms with van der Waals surface area (Å²) in [5.74, 6) is 0. The maximum absolute atomic E-state index is 12.0. The molecular weight excluding hydrogens is 240 g/mol. The van der Waals surface area contributed by atoms with Crippen molar-refractivity contribution in [2.75, 3.05) is 32.7 Å². The Balaban J connectivity index is 1.73. The van der Waals surface area contributed by atoms with Crippen molar-refractivity contribution in [3.05, 3.63) is 0 Å². The van der Waals surface area contributed by atoms with Crippen molar-refractivity contribution >= 4 is 6.03 Å². The van der Waals surface area contributed by atoms with Crippen LogP contribution < -0.4 is 11.1 Å². The van der Waals surface area contributed by atoms with Gasteiger partial charge in [-0.1, -0.05) is 6.92 Å². The lowest BCUT2D eigenvalue weighted by Crippen LogP contribution is -2.56. The normalized spacial score (nSPS) is 22.9. The van der Waals surface area contributed by atoms with Gasteiger partial charge in [0.1, 0.15) is 0 Å². The second kappa shape index (κ2) is 7.10. The van der Waals surface area contributed by atoms with Crippen LogP contribution in [-0.4, -0.2) is 60.6 Å². The summed E-state index contributed by atoms with van der Waals surface area (Å²) in [4.78, 5) is 16.5. The average molecular weight is 268 g/mol. The highest BCUT2D eigenvalue weighted by atomic mass is 16.2. The van der Waals surface area contributed by atoms with E-state index in [1.165, 1.54) is 6.42 Å². The number of nitrogens with zero attached hydrogens (tertiary/aromatic N) is 2. The summed E-state index contributed by atoms with van der Waals surface area (Å²) in [5.41, 5.74) is 5.66. The maximum atomic E-state index is 12.0. The molecule has 2 rings (SSSR count). The van der Waals surface area contributed by atoms with E-state index in [-0.39, 0.29) is 6.03 Å². The van der Waals surface area contributed by atoms with Crippen molar-refractivity contribution in [1.82, 2.24) is 15.1 Å². The van der Waals surface area contributed by atoms with Gasteiger partial charge in [0.2, 0.25) is 0 Å². The van der Waals surface area contributed by atoms with Crippen LogP contribution in [0.25, 0.3) is 0 Å². The van der Waals surface area contributed by atoms with Gasteiger partial charge in [-0.05, 0) is 38.6 Å². The van der Waals surface area contributed by atoms with E-state index in [4.69, 9.17) is 5.73 Å². The van der Waals surface area contributed by atoms with Crippen LogP contribution in [-0.2, 0) is 0 Å². The van der Waals surface area contributed by atoms with E-state index < -0.39 is 0 Å². The van der Waals surface area contributed by atoms with Crippen LogP contribution in [0.5, 0.6) is 0 Å². The van der Waals surface area contributed by atoms with Gasteiger partial charge in [-0.15, -0.1) is 0 Å². The first-order valence-corrected chi connectivity index (χ1v) is 7.74. The number of urea groups is 1. The Hall–Kier alpha value is -0.810. The lowest BCUT2D eigenvalue weighted by atomic mass is 9.93. The Morgan fingerprint density at radius 2 is 2.00 bits per heavy atom. The topological polar surface area (TPSA) is 61.6 Å². The van der Waals surface area contributed by atoms with Gasteiger partial charge in [-0.3, -0.25) is 4.90 Å². The minimum Gasteiger partial charge on any atom is -0.335 e. The van der Waals surface area contributed by atoms with Gasteiger partial charge in [0.25, 0.3) is 0 Å².